The van der Waals surface area contributed by atoms with Gasteiger partial charge >= 0.3 is 0 Å². The number of ether oxygens (including phenoxy) is 1. The third-order valence-corrected chi connectivity index (χ3v) is 4.93. The topological polar surface area (TPSA) is 38.5 Å². The van der Waals surface area contributed by atoms with Crippen LogP contribution in [-0.4, -0.2) is 43.8 Å². The number of likely N-dealkylation sites (N-methyl/N-ethyl adjacent to an activating group) is 1. The Bertz CT molecular complexity index is 253. The summed E-state index contributed by atoms with van der Waals surface area (Å²) in [6, 6.07) is 0.417. The summed E-state index contributed by atoms with van der Waals surface area (Å²) in [6.07, 6.45) is 9.56. The van der Waals surface area contributed by atoms with Gasteiger partial charge in [-0.15, -0.1) is 0 Å². The summed E-state index contributed by atoms with van der Waals surface area (Å²) >= 11 is 0. The van der Waals surface area contributed by atoms with Crippen LogP contribution in [0.2, 0.25) is 0 Å². The van der Waals surface area contributed by atoms with Crippen LogP contribution in [0.5, 0.6) is 0 Å². The van der Waals surface area contributed by atoms with E-state index >= 15 is 0 Å². The second-order valence-electron chi connectivity index (χ2n) is 6.75. The quantitative estimate of drug-likeness (QED) is 0.805. The first-order chi connectivity index (χ1) is 9.19. The first kappa shape index (κ1) is 15.3. The predicted molar refractivity (Wildman–Crippen MR) is 80.2 cm³/mol. The summed E-state index contributed by atoms with van der Waals surface area (Å²) in [5, 5.41) is 0. The molecule has 2 fully saturated rings. The molecule has 1 aliphatic heterocycles. The highest BCUT2D eigenvalue weighted by Gasteiger charge is 2.29. The molecule has 2 aliphatic rings. The molecule has 1 saturated carbocycles. The molecule has 1 aliphatic carbocycles. The minimum absolute atomic E-state index is 0.417. The number of hydrogen-bond donors (Lipinski definition) is 1. The zero-order valence-corrected chi connectivity index (χ0v) is 12.8. The van der Waals surface area contributed by atoms with Crippen LogP contribution in [0.15, 0.2) is 0 Å². The van der Waals surface area contributed by atoms with Crippen LogP contribution in [0.4, 0.5) is 0 Å². The van der Waals surface area contributed by atoms with Crippen LogP contribution in [-0.2, 0) is 4.74 Å². The normalized spacial score (nSPS) is 36.0. The molecule has 0 bridgehead atoms. The smallest absolute Gasteiger partial charge is 0.0702 e. The van der Waals surface area contributed by atoms with Gasteiger partial charge in [-0.1, -0.05) is 19.8 Å². The second kappa shape index (κ2) is 7.61. The molecule has 2 rings (SSSR count). The Hall–Kier alpha value is -0.120. The van der Waals surface area contributed by atoms with E-state index in [1.165, 1.54) is 44.9 Å². The van der Waals surface area contributed by atoms with Crippen molar-refractivity contribution in [3.05, 3.63) is 0 Å². The molecule has 4 unspecified atom stereocenters. The molecule has 112 valence electrons. The van der Waals surface area contributed by atoms with Crippen molar-refractivity contribution in [2.45, 2.75) is 64.0 Å². The maximum atomic E-state index is 6.34. The highest BCUT2D eigenvalue weighted by atomic mass is 16.5. The minimum Gasteiger partial charge on any atom is -0.377 e. The average molecular weight is 268 g/mol. The van der Waals surface area contributed by atoms with Gasteiger partial charge in [0.1, 0.15) is 0 Å². The number of nitrogens with zero attached hydrogens (tertiary/aromatic N) is 1. The van der Waals surface area contributed by atoms with Gasteiger partial charge in [0.2, 0.25) is 0 Å². The predicted octanol–water partition coefficient (Wildman–Crippen LogP) is 2.64. The van der Waals surface area contributed by atoms with Crippen molar-refractivity contribution >= 4 is 0 Å². The van der Waals surface area contributed by atoms with Crippen molar-refractivity contribution in [1.29, 1.82) is 0 Å². The van der Waals surface area contributed by atoms with E-state index in [9.17, 15) is 0 Å². The molecule has 0 aromatic carbocycles. The Kier molecular flexibility index (Phi) is 6.11. The van der Waals surface area contributed by atoms with Crippen molar-refractivity contribution in [3.8, 4) is 0 Å². The van der Waals surface area contributed by atoms with Crippen LogP contribution in [0.25, 0.3) is 0 Å². The Morgan fingerprint density at radius 1 is 1.21 bits per heavy atom. The standard InChI is InChI=1S/C16H32N2O/c1-3-5-13-7-8-16(17)14(10-13)11-18(2)12-15-6-4-9-19-15/h13-16H,3-12,17H2,1-2H3. The molecule has 0 spiro atoms. The maximum absolute atomic E-state index is 6.34. The third kappa shape index (κ3) is 4.73. The molecule has 3 nitrogen and oxygen atoms in total. The molecule has 0 aromatic heterocycles. The van der Waals surface area contributed by atoms with E-state index in [-0.39, 0.29) is 0 Å². The Morgan fingerprint density at radius 2 is 2.05 bits per heavy atom. The lowest BCUT2D eigenvalue weighted by atomic mass is 9.76. The SMILES string of the molecule is CCCC1CCC(N)C(CN(C)CC2CCCO2)C1. The molecular formula is C16H32N2O. The van der Waals surface area contributed by atoms with Gasteiger partial charge in [-0.25, -0.2) is 0 Å². The van der Waals surface area contributed by atoms with E-state index in [1.54, 1.807) is 0 Å². The molecule has 1 saturated heterocycles. The van der Waals surface area contributed by atoms with Crippen LogP contribution in [0.3, 0.4) is 0 Å². The summed E-state index contributed by atoms with van der Waals surface area (Å²) in [4.78, 5) is 2.45. The lowest BCUT2D eigenvalue weighted by Gasteiger charge is -2.36. The van der Waals surface area contributed by atoms with Gasteiger partial charge in [0.05, 0.1) is 6.10 Å². The zero-order chi connectivity index (χ0) is 13.7. The van der Waals surface area contributed by atoms with Gasteiger partial charge in [0.15, 0.2) is 0 Å². The van der Waals surface area contributed by atoms with Crippen molar-refractivity contribution in [2.24, 2.45) is 17.6 Å². The molecule has 1 heterocycles. The monoisotopic (exact) mass is 268 g/mol. The highest BCUT2D eigenvalue weighted by molar-refractivity contribution is 4.84. The fourth-order valence-electron chi connectivity index (χ4n) is 3.88. The van der Waals surface area contributed by atoms with Crippen molar-refractivity contribution in [1.82, 2.24) is 4.90 Å². The summed E-state index contributed by atoms with van der Waals surface area (Å²) in [6.45, 7) is 5.50. The van der Waals surface area contributed by atoms with Gasteiger partial charge in [-0.05, 0) is 51.0 Å². The van der Waals surface area contributed by atoms with Crippen LogP contribution in [0.1, 0.15) is 51.9 Å². The zero-order valence-electron chi connectivity index (χ0n) is 12.8. The van der Waals surface area contributed by atoms with Crippen LogP contribution >= 0.6 is 0 Å². The Morgan fingerprint density at radius 3 is 2.74 bits per heavy atom. The van der Waals surface area contributed by atoms with E-state index in [0.717, 1.165) is 25.6 Å². The number of rotatable bonds is 6. The molecule has 0 radical (unpaired) electrons. The summed E-state index contributed by atoms with van der Waals surface area (Å²) in [5.41, 5.74) is 6.34. The van der Waals surface area contributed by atoms with E-state index in [0.29, 0.717) is 18.1 Å². The van der Waals surface area contributed by atoms with Crippen molar-refractivity contribution in [3.63, 3.8) is 0 Å². The average Bonchev–Trinajstić information content (AvgIpc) is 2.86. The van der Waals surface area contributed by atoms with Gasteiger partial charge in [-0.3, -0.25) is 0 Å². The second-order valence-corrected chi connectivity index (χ2v) is 6.75. The van der Waals surface area contributed by atoms with E-state index < -0.39 is 0 Å². The Labute approximate surface area is 118 Å². The van der Waals surface area contributed by atoms with Crippen molar-refractivity contribution in [2.75, 3.05) is 26.7 Å². The van der Waals surface area contributed by atoms with Crippen LogP contribution < -0.4 is 5.73 Å². The molecule has 3 heteroatoms. The van der Waals surface area contributed by atoms with Crippen molar-refractivity contribution < 1.29 is 4.74 Å². The number of hydrogen-bond acceptors (Lipinski definition) is 3. The maximum Gasteiger partial charge on any atom is 0.0702 e. The molecule has 19 heavy (non-hydrogen) atoms. The molecular weight excluding hydrogens is 236 g/mol. The molecule has 0 amide bonds. The van der Waals surface area contributed by atoms with Crippen LogP contribution in [0, 0.1) is 11.8 Å². The first-order valence-corrected chi connectivity index (χ1v) is 8.24. The summed E-state index contributed by atoms with van der Waals surface area (Å²) in [5.74, 6) is 1.61. The van der Waals surface area contributed by atoms with Gasteiger partial charge < -0.3 is 15.4 Å². The first-order valence-electron chi connectivity index (χ1n) is 8.24. The summed E-state index contributed by atoms with van der Waals surface area (Å²) in [7, 11) is 2.23. The summed E-state index contributed by atoms with van der Waals surface area (Å²) < 4.78 is 5.73. The fourth-order valence-corrected chi connectivity index (χ4v) is 3.88. The minimum atomic E-state index is 0.417. The lowest BCUT2D eigenvalue weighted by molar-refractivity contribution is 0.0695. The Balaban J connectivity index is 1.75. The fraction of sp³-hybridized carbons (Fsp3) is 1.00. The van der Waals surface area contributed by atoms with E-state index in [2.05, 4.69) is 18.9 Å². The van der Waals surface area contributed by atoms with E-state index in [1.807, 2.05) is 0 Å². The number of nitrogens with two attached hydrogens (primary N) is 1. The molecule has 0 aromatic rings. The van der Waals surface area contributed by atoms with Gasteiger partial charge in [0, 0.05) is 25.7 Å². The third-order valence-electron chi connectivity index (χ3n) is 4.93. The molecule has 4 atom stereocenters. The van der Waals surface area contributed by atoms with Gasteiger partial charge in [0.25, 0.3) is 0 Å². The lowest BCUT2D eigenvalue weighted by Crippen LogP contribution is -2.43. The highest BCUT2D eigenvalue weighted by Crippen LogP contribution is 2.31. The van der Waals surface area contributed by atoms with Gasteiger partial charge in [-0.2, -0.15) is 0 Å². The van der Waals surface area contributed by atoms with E-state index in [4.69, 9.17) is 10.5 Å². The molecule has 2 N–H and O–H groups in total. The largest absolute Gasteiger partial charge is 0.377 e.